The Kier molecular flexibility index (Phi) is 4.82. The Hall–Kier alpha value is -2.49. The van der Waals surface area contributed by atoms with Gasteiger partial charge in [0.25, 0.3) is 5.91 Å². The first kappa shape index (κ1) is 14.9. The first-order valence-corrected chi connectivity index (χ1v) is 6.79. The van der Waals surface area contributed by atoms with Crippen molar-refractivity contribution in [2.45, 2.75) is 19.1 Å². The van der Waals surface area contributed by atoms with Gasteiger partial charge in [0, 0.05) is 1.43 Å². The van der Waals surface area contributed by atoms with Crippen LogP contribution in [0.3, 0.4) is 0 Å². The Balaban J connectivity index is 0.00000242. The van der Waals surface area contributed by atoms with Crippen LogP contribution in [-0.4, -0.2) is 24.7 Å². The van der Waals surface area contributed by atoms with Crippen LogP contribution in [0.2, 0.25) is 0 Å². The second kappa shape index (κ2) is 6.79. The number of carbonyl (C=O) groups excluding carboxylic acids is 1. The molecule has 0 radical (unpaired) electrons. The van der Waals surface area contributed by atoms with Gasteiger partial charge < -0.3 is 14.8 Å². The molecule has 2 rings (SSSR count). The molecule has 4 heteroatoms. The molecular weight excluding hydrogens is 266 g/mol. The lowest BCUT2D eigenvalue weighted by atomic mass is 10.1. The van der Waals surface area contributed by atoms with E-state index in [0.717, 1.165) is 5.57 Å². The SMILES string of the molecule is C=C/C=C(\C=C)[C@@H](C)NC(=O)[C@H]1COc2ccccc2O1.[HH]. The Bertz CT molecular complexity index is 583. The van der Waals surface area contributed by atoms with Crippen LogP contribution < -0.4 is 14.8 Å². The minimum atomic E-state index is -0.655. The zero-order valence-corrected chi connectivity index (χ0v) is 12.0. The summed E-state index contributed by atoms with van der Waals surface area (Å²) in [6.45, 7) is 9.45. The van der Waals surface area contributed by atoms with Crippen molar-refractivity contribution >= 4 is 5.91 Å². The Morgan fingerprint density at radius 3 is 2.81 bits per heavy atom. The normalized spacial score (nSPS) is 18.5. The highest BCUT2D eigenvalue weighted by molar-refractivity contribution is 5.82. The predicted molar refractivity (Wildman–Crippen MR) is 84.5 cm³/mol. The zero-order chi connectivity index (χ0) is 15.2. The molecule has 1 amide bonds. The van der Waals surface area contributed by atoms with Gasteiger partial charge in [-0.15, -0.1) is 0 Å². The van der Waals surface area contributed by atoms with Crippen LogP contribution in [0.5, 0.6) is 11.5 Å². The monoisotopic (exact) mass is 287 g/mol. The molecule has 1 aliphatic heterocycles. The van der Waals surface area contributed by atoms with Crippen molar-refractivity contribution in [3.8, 4) is 11.5 Å². The van der Waals surface area contributed by atoms with E-state index in [1.54, 1.807) is 18.2 Å². The van der Waals surface area contributed by atoms with Crippen LogP contribution in [0, 0.1) is 0 Å². The van der Waals surface area contributed by atoms with Gasteiger partial charge in [0.15, 0.2) is 11.5 Å². The Morgan fingerprint density at radius 2 is 2.14 bits per heavy atom. The maximum Gasteiger partial charge on any atom is 0.265 e. The number of rotatable bonds is 5. The number of nitrogens with one attached hydrogen (secondary N) is 1. The summed E-state index contributed by atoms with van der Waals surface area (Å²) < 4.78 is 11.2. The second-order valence-electron chi connectivity index (χ2n) is 4.70. The van der Waals surface area contributed by atoms with Crippen LogP contribution in [0.25, 0.3) is 0 Å². The molecule has 0 aliphatic carbocycles. The van der Waals surface area contributed by atoms with Crippen molar-refractivity contribution in [1.29, 1.82) is 0 Å². The molecule has 1 aromatic rings. The van der Waals surface area contributed by atoms with Gasteiger partial charge in [0.05, 0.1) is 6.04 Å². The largest absolute Gasteiger partial charge is 0.485 e. The Morgan fingerprint density at radius 1 is 1.43 bits per heavy atom. The molecule has 2 atom stereocenters. The molecule has 0 unspecified atom stereocenters. The van der Waals surface area contributed by atoms with Crippen LogP contribution in [0.15, 0.2) is 61.2 Å². The third-order valence-corrected chi connectivity index (χ3v) is 3.21. The van der Waals surface area contributed by atoms with E-state index in [-0.39, 0.29) is 20.0 Å². The van der Waals surface area contributed by atoms with Gasteiger partial charge in [-0.25, -0.2) is 0 Å². The lowest BCUT2D eigenvalue weighted by Crippen LogP contribution is -2.47. The van der Waals surface area contributed by atoms with Gasteiger partial charge in [-0.3, -0.25) is 4.79 Å². The van der Waals surface area contributed by atoms with Crippen molar-refractivity contribution in [3.05, 3.63) is 61.2 Å². The maximum atomic E-state index is 12.2. The van der Waals surface area contributed by atoms with Gasteiger partial charge >= 0.3 is 0 Å². The van der Waals surface area contributed by atoms with E-state index in [2.05, 4.69) is 18.5 Å². The number of hydrogen-bond donors (Lipinski definition) is 1. The molecule has 1 aromatic carbocycles. The summed E-state index contributed by atoms with van der Waals surface area (Å²) in [6.07, 6.45) is 4.51. The lowest BCUT2D eigenvalue weighted by molar-refractivity contribution is -0.130. The summed E-state index contributed by atoms with van der Waals surface area (Å²) in [5.41, 5.74) is 0.885. The van der Waals surface area contributed by atoms with Crippen molar-refractivity contribution in [1.82, 2.24) is 5.32 Å². The number of hydrogen-bond acceptors (Lipinski definition) is 3. The van der Waals surface area contributed by atoms with E-state index in [4.69, 9.17) is 9.47 Å². The van der Waals surface area contributed by atoms with Crippen LogP contribution in [0.4, 0.5) is 0 Å². The van der Waals surface area contributed by atoms with E-state index in [9.17, 15) is 4.79 Å². The molecule has 0 spiro atoms. The van der Waals surface area contributed by atoms with Crippen LogP contribution >= 0.6 is 0 Å². The quantitative estimate of drug-likeness (QED) is 0.847. The molecule has 0 saturated carbocycles. The number of ether oxygens (including phenoxy) is 2. The first-order chi connectivity index (χ1) is 10.2. The Labute approximate surface area is 126 Å². The minimum absolute atomic E-state index is 0. The highest BCUT2D eigenvalue weighted by atomic mass is 16.6. The molecule has 0 saturated heterocycles. The predicted octanol–water partition coefficient (Wildman–Crippen LogP) is 2.88. The maximum absolute atomic E-state index is 12.2. The molecular formula is C17H21NO3. The standard InChI is InChI=1S/C17H19NO3.H2/c1-4-8-13(5-2)12(3)18-17(19)16-11-20-14-9-6-7-10-15(14)21-16;/h4-10,12,16H,1-2,11H2,3H3,(H,18,19);1H/b13-8+;/t12-,16-;/m1./s1. The highest BCUT2D eigenvalue weighted by Crippen LogP contribution is 2.30. The number of para-hydroxylation sites is 2. The summed E-state index contributed by atoms with van der Waals surface area (Å²) in [5.74, 6) is 1.03. The molecule has 4 nitrogen and oxygen atoms in total. The van der Waals surface area contributed by atoms with Gasteiger partial charge in [-0.2, -0.15) is 0 Å². The molecule has 1 heterocycles. The van der Waals surface area contributed by atoms with E-state index in [0.29, 0.717) is 11.5 Å². The van der Waals surface area contributed by atoms with Crippen molar-refractivity contribution in [3.63, 3.8) is 0 Å². The van der Waals surface area contributed by atoms with Crippen LogP contribution in [0.1, 0.15) is 8.35 Å². The topological polar surface area (TPSA) is 47.6 Å². The molecule has 112 valence electrons. The average molecular weight is 287 g/mol. The fraction of sp³-hybridized carbons (Fsp3) is 0.235. The van der Waals surface area contributed by atoms with E-state index in [1.165, 1.54) is 0 Å². The number of allylic oxidation sites excluding steroid dienone is 2. The average Bonchev–Trinajstić information content (AvgIpc) is 2.51. The molecule has 1 aliphatic rings. The van der Waals surface area contributed by atoms with Gasteiger partial charge in [-0.05, 0) is 24.6 Å². The molecule has 21 heavy (non-hydrogen) atoms. The first-order valence-electron chi connectivity index (χ1n) is 6.79. The summed E-state index contributed by atoms with van der Waals surface area (Å²) in [7, 11) is 0. The van der Waals surface area contributed by atoms with Crippen molar-refractivity contribution in [2.24, 2.45) is 0 Å². The molecule has 0 fully saturated rings. The summed E-state index contributed by atoms with van der Waals surface area (Å²) >= 11 is 0. The fourth-order valence-corrected chi connectivity index (χ4v) is 2.06. The van der Waals surface area contributed by atoms with E-state index < -0.39 is 6.10 Å². The minimum Gasteiger partial charge on any atom is -0.485 e. The third-order valence-electron chi connectivity index (χ3n) is 3.21. The highest BCUT2D eigenvalue weighted by Gasteiger charge is 2.28. The number of fused-ring (bicyclic) bond motifs is 1. The lowest BCUT2D eigenvalue weighted by Gasteiger charge is -2.27. The molecule has 0 bridgehead atoms. The van der Waals surface area contributed by atoms with Crippen molar-refractivity contribution in [2.75, 3.05) is 6.61 Å². The number of carbonyl (C=O) groups is 1. The zero-order valence-electron chi connectivity index (χ0n) is 12.0. The number of amides is 1. The fourth-order valence-electron chi connectivity index (χ4n) is 2.06. The smallest absolute Gasteiger partial charge is 0.265 e. The summed E-state index contributed by atoms with van der Waals surface area (Å²) in [5, 5.41) is 2.88. The molecule has 0 aromatic heterocycles. The van der Waals surface area contributed by atoms with Gasteiger partial charge in [0.2, 0.25) is 6.10 Å². The van der Waals surface area contributed by atoms with Gasteiger partial charge in [-0.1, -0.05) is 43.5 Å². The summed E-state index contributed by atoms with van der Waals surface area (Å²) in [6, 6.07) is 7.13. The van der Waals surface area contributed by atoms with Crippen molar-refractivity contribution < 1.29 is 15.7 Å². The van der Waals surface area contributed by atoms with E-state index in [1.807, 2.05) is 31.2 Å². The van der Waals surface area contributed by atoms with E-state index >= 15 is 0 Å². The summed E-state index contributed by atoms with van der Waals surface area (Å²) in [4.78, 5) is 12.2. The van der Waals surface area contributed by atoms with Crippen LogP contribution in [-0.2, 0) is 4.79 Å². The van der Waals surface area contributed by atoms with Gasteiger partial charge in [0.1, 0.15) is 6.61 Å². The molecule has 1 N–H and O–H groups in total. The third kappa shape index (κ3) is 3.54. The number of benzene rings is 1. The second-order valence-corrected chi connectivity index (χ2v) is 4.70.